The number of aromatic nitrogens is 3. The van der Waals surface area contributed by atoms with Crippen LogP contribution in [0.25, 0.3) is 0 Å². The molecule has 0 unspecified atom stereocenters. The number of aromatic amines is 1. The predicted octanol–water partition coefficient (Wildman–Crippen LogP) is 0.724. The number of hydrogen-bond donors (Lipinski definition) is 2. The van der Waals surface area contributed by atoms with Crippen LogP contribution in [-0.4, -0.2) is 36.8 Å². The number of rotatable bonds is 7. The fraction of sp³-hybridized carbons (Fsp3) is 0.333. The Kier molecular flexibility index (Phi) is 4.70. The minimum atomic E-state index is -3.51. The molecule has 1 heterocycles. The summed E-state index contributed by atoms with van der Waals surface area (Å²) in [4.78, 5) is 4.13. The van der Waals surface area contributed by atoms with Crippen molar-refractivity contribution in [1.82, 2.24) is 19.9 Å². The summed E-state index contributed by atoms with van der Waals surface area (Å²) in [6.07, 6.45) is 1.84. The van der Waals surface area contributed by atoms with E-state index in [1.807, 2.05) is 6.92 Å². The molecule has 0 fully saturated rings. The van der Waals surface area contributed by atoms with Gasteiger partial charge in [-0.05, 0) is 31.2 Å². The van der Waals surface area contributed by atoms with Crippen molar-refractivity contribution in [3.63, 3.8) is 0 Å². The number of nitrogens with zero attached hydrogens (tertiary/aromatic N) is 2. The van der Waals surface area contributed by atoms with Crippen molar-refractivity contribution >= 4 is 10.0 Å². The predicted molar refractivity (Wildman–Crippen MR) is 72.9 cm³/mol. The zero-order chi connectivity index (χ0) is 14.4. The van der Waals surface area contributed by atoms with Gasteiger partial charge in [0.2, 0.25) is 10.0 Å². The maximum atomic E-state index is 12.0. The van der Waals surface area contributed by atoms with Crippen molar-refractivity contribution in [3.05, 3.63) is 36.4 Å². The lowest BCUT2D eigenvalue weighted by Gasteiger charge is -2.07. The molecule has 1 aromatic carbocycles. The van der Waals surface area contributed by atoms with Crippen LogP contribution in [0.3, 0.4) is 0 Å². The van der Waals surface area contributed by atoms with E-state index in [1.54, 1.807) is 12.1 Å². The van der Waals surface area contributed by atoms with Gasteiger partial charge in [0.25, 0.3) is 0 Å². The molecule has 0 aliphatic carbocycles. The van der Waals surface area contributed by atoms with Crippen LogP contribution in [0, 0.1) is 0 Å². The smallest absolute Gasteiger partial charge is 0.240 e. The molecule has 2 rings (SSSR count). The third-order valence-corrected chi connectivity index (χ3v) is 4.04. The van der Waals surface area contributed by atoms with Crippen LogP contribution in [0.2, 0.25) is 0 Å². The van der Waals surface area contributed by atoms with Gasteiger partial charge in [-0.2, -0.15) is 5.10 Å². The Morgan fingerprint density at radius 3 is 2.65 bits per heavy atom. The molecular weight excluding hydrogens is 280 g/mol. The number of benzene rings is 1. The third kappa shape index (κ3) is 3.78. The summed E-state index contributed by atoms with van der Waals surface area (Å²) < 4.78 is 31.8. The highest BCUT2D eigenvalue weighted by molar-refractivity contribution is 7.89. The van der Waals surface area contributed by atoms with E-state index in [4.69, 9.17) is 4.74 Å². The largest absolute Gasteiger partial charge is 0.494 e. The Morgan fingerprint density at radius 1 is 1.30 bits per heavy atom. The molecule has 0 atom stereocenters. The number of H-pyrrole nitrogens is 1. The second-order valence-corrected chi connectivity index (χ2v) is 5.75. The summed E-state index contributed by atoms with van der Waals surface area (Å²) in [5, 5.41) is 6.37. The summed E-state index contributed by atoms with van der Waals surface area (Å²) in [7, 11) is -3.51. The highest BCUT2D eigenvalue weighted by Crippen LogP contribution is 2.15. The SMILES string of the molecule is CCOc1ccc(S(=O)(=O)NCCc2ncn[nH]2)cc1. The molecular formula is C12H16N4O3S. The number of sulfonamides is 1. The zero-order valence-electron chi connectivity index (χ0n) is 11.0. The van der Waals surface area contributed by atoms with E-state index in [-0.39, 0.29) is 11.4 Å². The maximum absolute atomic E-state index is 12.0. The van der Waals surface area contributed by atoms with Gasteiger partial charge in [0.05, 0.1) is 11.5 Å². The van der Waals surface area contributed by atoms with Crippen molar-refractivity contribution in [1.29, 1.82) is 0 Å². The second-order valence-electron chi connectivity index (χ2n) is 3.98. The summed E-state index contributed by atoms with van der Waals surface area (Å²) in [6.45, 7) is 2.67. The fourth-order valence-electron chi connectivity index (χ4n) is 1.62. The molecule has 7 nitrogen and oxygen atoms in total. The van der Waals surface area contributed by atoms with E-state index >= 15 is 0 Å². The minimum absolute atomic E-state index is 0.207. The second kappa shape index (κ2) is 6.49. The van der Waals surface area contributed by atoms with Crippen molar-refractivity contribution in [2.45, 2.75) is 18.2 Å². The molecule has 0 aliphatic rings. The van der Waals surface area contributed by atoms with E-state index in [2.05, 4.69) is 19.9 Å². The van der Waals surface area contributed by atoms with Crippen molar-refractivity contribution in [2.75, 3.05) is 13.2 Å². The monoisotopic (exact) mass is 296 g/mol. The summed E-state index contributed by atoms with van der Waals surface area (Å²) >= 11 is 0. The Bertz CT molecular complexity index is 623. The number of hydrogen-bond acceptors (Lipinski definition) is 5. The van der Waals surface area contributed by atoms with Gasteiger partial charge in [0.15, 0.2) is 0 Å². The molecule has 2 aromatic rings. The van der Waals surface area contributed by atoms with Crippen LogP contribution in [0.4, 0.5) is 0 Å². The van der Waals surface area contributed by atoms with E-state index < -0.39 is 10.0 Å². The molecule has 108 valence electrons. The van der Waals surface area contributed by atoms with Crippen molar-refractivity contribution < 1.29 is 13.2 Å². The van der Waals surface area contributed by atoms with E-state index in [0.29, 0.717) is 24.6 Å². The van der Waals surface area contributed by atoms with Gasteiger partial charge in [-0.15, -0.1) is 0 Å². The average molecular weight is 296 g/mol. The van der Waals surface area contributed by atoms with Crippen LogP contribution in [0.15, 0.2) is 35.5 Å². The number of nitrogens with one attached hydrogen (secondary N) is 2. The van der Waals surface area contributed by atoms with Gasteiger partial charge in [-0.25, -0.2) is 18.1 Å². The van der Waals surface area contributed by atoms with Crippen LogP contribution < -0.4 is 9.46 Å². The highest BCUT2D eigenvalue weighted by atomic mass is 32.2. The van der Waals surface area contributed by atoms with Gasteiger partial charge in [0, 0.05) is 13.0 Å². The standard InChI is InChI=1S/C12H16N4O3S/c1-2-19-10-3-5-11(6-4-10)20(17,18)15-8-7-12-13-9-14-16-12/h3-6,9,15H,2,7-8H2,1H3,(H,13,14,16). The first-order valence-electron chi connectivity index (χ1n) is 6.18. The molecule has 0 saturated carbocycles. The first-order valence-corrected chi connectivity index (χ1v) is 7.67. The Morgan fingerprint density at radius 2 is 2.05 bits per heavy atom. The normalized spacial score (nSPS) is 11.4. The lowest BCUT2D eigenvalue weighted by molar-refractivity contribution is 0.340. The molecule has 0 spiro atoms. The first-order chi connectivity index (χ1) is 9.62. The molecule has 8 heteroatoms. The molecule has 1 aromatic heterocycles. The summed E-state index contributed by atoms with van der Waals surface area (Å²) in [5.74, 6) is 1.28. The molecule has 0 radical (unpaired) electrons. The van der Waals surface area contributed by atoms with Crippen LogP contribution >= 0.6 is 0 Å². The number of ether oxygens (including phenoxy) is 1. The lowest BCUT2D eigenvalue weighted by atomic mass is 10.3. The van der Waals surface area contributed by atoms with Crippen molar-refractivity contribution in [2.24, 2.45) is 0 Å². The van der Waals surface area contributed by atoms with Gasteiger partial charge in [-0.1, -0.05) is 0 Å². The Hall–Kier alpha value is -1.93. The zero-order valence-corrected chi connectivity index (χ0v) is 11.9. The minimum Gasteiger partial charge on any atom is -0.494 e. The van der Waals surface area contributed by atoms with Gasteiger partial charge in [0.1, 0.15) is 17.9 Å². The molecule has 20 heavy (non-hydrogen) atoms. The Labute approximate surface area is 117 Å². The van der Waals surface area contributed by atoms with Crippen LogP contribution in [0.1, 0.15) is 12.7 Å². The average Bonchev–Trinajstić information content (AvgIpc) is 2.93. The van der Waals surface area contributed by atoms with Crippen LogP contribution in [-0.2, 0) is 16.4 Å². The Balaban J connectivity index is 1.95. The molecule has 2 N–H and O–H groups in total. The van der Waals surface area contributed by atoms with E-state index in [1.165, 1.54) is 18.5 Å². The summed E-state index contributed by atoms with van der Waals surface area (Å²) in [6, 6.07) is 6.30. The summed E-state index contributed by atoms with van der Waals surface area (Å²) in [5.41, 5.74) is 0. The van der Waals surface area contributed by atoms with Crippen molar-refractivity contribution in [3.8, 4) is 5.75 Å². The van der Waals surface area contributed by atoms with Gasteiger partial charge < -0.3 is 4.74 Å². The van der Waals surface area contributed by atoms with Gasteiger partial charge in [-0.3, -0.25) is 5.10 Å². The fourth-order valence-corrected chi connectivity index (χ4v) is 2.65. The molecule has 0 saturated heterocycles. The topological polar surface area (TPSA) is 97.0 Å². The maximum Gasteiger partial charge on any atom is 0.240 e. The van der Waals surface area contributed by atoms with Crippen LogP contribution in [0.5, 0.6) is 5.75 Å². The lowest BCUT2D eigenvalue weighted by Crippen LogP contribution is -2.26. The van der Waals surface area contributed by atoms with E-state index in [9.17, 15) is 8.42 Å². The van der Waals surface area contributed by atoms with Gasteiger partial charge >= 0.3 is 0 Å². The quantitative estimate of drug-likeness (QED) is 0.785. The highest BCUT2D eigenvalue weighted by Gasteiger charge is 2.13. The van der Waals surface area contributed by atoms with E-state index in [0.717, 1.165) is 0 Å². The third-order valence-electron chi connectivity index (χ3n) is 2.56. The first kappa shape index (κ1) is 14.5. The molecule has 0 aliphatic heterocycles. The molecule has 0 amide bonds. The molecule has 0 bridgehead atoms.